The van der Waals surface area contributed by atoms with Crippen LogP contribution in [0.3, 0.4) is 0 Å². The SMILES string of the molecule is CC1CC1C(=O)NCC1(CO)CC1. The van der Waals surface area contributed by atoms with Crippen molar-refractivity contribution in [3.63, 3.8) is 0 Å². The summed E-state index contributed by atoms with van der Waals surface area (Å²) in [6, 6.07) is 0. The van der Waals surface area contributed by atoms with Crippen LogP contribution in [0.2, 0.25) is 0 Å². The molecule has 3 nitrogen and oxygen atoms in total. The highest BCUT2D eigenvalue weighted by molar-refractivity contribution is 5.81. The van der Waals surface area contributed by atoms with Crippen LogP contribution in [0.4, 0.5) is 0 Å². The van der Waals surface area contributed by atoms with Gasteiger partial charge < -0.3 is 10.4 Å². The van der Waals surface area contributed by atoms with Crippen LogP contribution in [0, 0.1) is 17.3 Å². The molecule has 2 rings (SSSR count). The second-order valence-corrected chi connectivity index (χ2v) is 4.70. The Morgan fingerprint density at radius 3 is 2.62 bits per heavy atom. The van der Waals surface area contributed by atoms with Crippen LogP contribution < -0.4 is 5.32 Å². The third kappa shape index (κ3) is 1.85. The molecule has 2 fully saturated rings. The Kier molecular flexibility index (Phi) is 2.06. The molecule has 74 valence electrons. The lowest BCUT2D eigenvalue weighted by molar-refractivity contribution is -0.122. The molecule has 0 radical (unpaired) electrons. The van der Waals surface area contributed by atoms with E-state index in [1.807, 2.05) is 0 Å². The summed E-state index contributed by atoms with van der Waals surface area (Å²) >= 11 is 0. The summed E-state index contributed by atoms with van der Waals surface area (Å²) in [5, 5.41) is 12.0. The maximum atomic E-state index is 11.4. The summed E-state index contributed by atoms with van der Waals surface area (Å²) in [4.78, 5) is 11.4. The van der Waals surface area contributed by atoms with Crippen LogP contribution in [0.5, 0.6) is 0 Å². The van der Waals surface area contributed by atoms with E-state index in [9.17, 15) is 4.79 Å². The third-order valence-corrected chi connectivity index (χ3v) is 3.38. The fourth-order valence-electron chi connectivity index (χ4n) is 1.66. The second kappa shape index (κ2) is 2.98. The van der Waals surface area contributed by atoms with Crippen LogP contribution in [0.15, 0.2) is 0 Å². The summed E-state index contributed by atoms with van der Waals surface area (Å²) in [5.41, 5.74) is 0.0494. The van der Waals surface area contributed by atoms with Crippen LogP contribution >= 0.6 is 0 Å². The van der Waals surface area contributed by atoms with Crippen molar-refractivity contribution in [2.24, 2.45) is 17.3 Å². The van der Waals surface area contributed by atoms with E-state index in [-0.39, 0.29) is 23.8 Å². The molecule has 2 atom stereocenters. The minimum atomic E-state index is 0.0494. The van der Waals surface area contributed by atoms with E-state index < -0.39 is 0 Å². The number of hydrogen-bond donors (Lipinski definition) is 2. The Bertz CT molecular complexity index is 223. The molecule has 13 heavy (non-hydrogen) atoms. The standard InChI is InChI=1S/C10H17NO2/c1-7-4-8(7)9(13)11-5-10(6-12)2-3-10/h7-8,12H,2-6H2,1H3,(H,11,13). The average molecular weight is 183 g/mol. The molecule has 0 spiro atoms. The Morgan fingerprint density at radius 1 is 1.62 bits per heavy atom. The largest absolute Gasteiger partial charge is 0.396 e. The minimum absolute atomic E-state index is 0.0494. The van der Waals surface area contributed by atoms with E-state index in [0.717, 1.165) is 19.3 Å². The molecule has 2 saturated carbocycles. The van der Waals surface area contributed by atoms with Crippen LogP contribution in [0.25, 0.3) is 0 Å². The zero-order valence-corrected chi connectivity index (χ0v) is 8.05. The van der Waals surface area contributed by atoms with Gasteiger partial charge >= 0.3 is 0 Å². The Balaban J connectivity index is 1.70. The van der Waals surface area contributed by atoms with E-state index in [0.29, 0.717) is 12.5 Å². The minimum Gasteiger partial charge on any atom is -0.396 e. The van der Waals surface area contributed by atoms with Crippen LogP contribution in [0.1, 0.15) is 26.2 Å². The molecule has 0 saturated heterocycles. The van der Waals surface area contributed by atoms with Crippen molar-refractivity contribution in [2.75, 3.05) is 13.2 Å². The van der Waals surface area contributed by atoms with E-state index >= 15 is 0 Å². The highest BCUT2D eigenvalue weighted by atomic mass is 16.3. The first-order chi connectivity index (χ1) is 6.17. The van der Waals surface area contributed by atoms with Crippen molar-refractivity contribution >= 4 is 5.91 Å². The quantitative estimate of drug-likeness (QED) is 0.668. The molecule has 0 aliphatic heterocycles. The van der Waals surface area contributed by atoms with Crippen molar-refractivity contribution in [2.45, 2.75) is 26.2 Å². The van der Waals surface area contributed by atoms with Gasteiger partial charge in [-0.2, -0.15) is 0 Å². The first-order valence-corrected chi connectivity index (χ1v) is 5.05. The van der Waals surface area contributed by atoms with E-state index in [4.69, 9.17) is 5.11 Å². The lowest BCUT2D eigenvalue weighted by Crippen LogP contribution is -2.33. The summed E-state index contributed by atoms with van der Waals surface area (Å²) in [7, 11) is 0. The molecule has 2 aliphatic rings. The molecule has 0 aromatic carbocycles. The summed E-state index contributed by atoms with van der Waals surface area (Å²) in [6.45, 7) is 2.99. The first-order valence-electron chi connectivity index (χ1n) is 5.05. The smallest absolute Gasteiger partial charge is 0.223 e. The van der Waals surface area contributed by atoms with Crippen molar-refractivity contribution in [3.05, 3.63) is 0 Å². The Labute approximate surface area is 78.5 Å². The molecule has 0 aromatic rings. The predicted octanol–water partition coefficient (Wildman–Crippen LogP) is 0.531. The monoisotopic (exact) mass is 183 g/mol. The molecular formula is C10H17NO2. The lowest BCUT2D eigenvalue weighted by atomic mass is 10.1. The van der Waals surface area contributed by atoms with Gasteiger partial charge in [0, 0.05) is 17.9 Å². The van der Waals surface area contributed by atoms with Gasteiger partial charge in [0.15, 0.2) is 0 Å². The van der Waals surface area contributed by atoms with E-state index in [1.165, 1.54) is 0 Å². The van der Waals surface area contributed by atoms with Gasteiger partial charge in [0.25, 0.3) is 0 Å². The molecule has 0 heterocycles. The number of carbonyl (C=O) groups excluding carboxylic acids is 1. The van der Waals surface area contributed by atoms with Crippen LogP contribution in [-0.4, -0.2) is 24.2 Å². The normalized spacial score (nSPS) is 34.0. The maximum absolute atomic E-state index is 11.4. The molecule has 2 aliphatic carbocycles. The number of carbonyl (C=O) groups is 1. The van der Waals surface area contributed by atoms with E-state index in [1.54, 1.807) is 0 Å². The first kappa shape index (κ1) is 9.00. The molecular weight excluding hydrogens is 166 g/mol. The Hall–Kier alpha value is -0.570. The van der Waals surface area contributed by atoms with Gasteiger partial charge in [0.05, 0.1) is 6.61 Å². The summed E-state index contributed by atoms with van der Waals surface area (Å²) < 4.78 is 0. The van der Waals surface area contributed by atoms with Gasteiger partial charge in [-0.25, -0.2) is 0 Å². The van der Waals surface area contributed by atoms with E-state index in [2.05, 4.69) is 12.2 Å². The number of nitrogens with one attached hydrogen (secondary N) is 1. The fraction of sp³-hybridized carbons (Fsp3) is 0.900. The van der Waals surface area contributed by atoms with Gasteiger partial charge in [-0.05, 0) is 25.2 Å². The number of hydrogen-bond acceptors (Lipinski definition) is 2. The number of aliphatic hydroxyl groups is 1. The van der Waals surface area contributed by atoms with Crippen molar-refractivity contribution in [1.82, 2.24) is 5.32 Å². The third-order valence-electron chi connectivity index (χ3n) is 3.38. The Morgan fingerprint density at radius 2 is 2.23 bits per heavy atom. The van der Waals surface area contributed by atoms with Crippen molar-refractivity contribution < 1.29 is 9.90 Å². The highest BCUT2D eigenvalue weighted by Crippen LogP contribution is 2.44. The fourth-order valence-corrected chi connectivity index (χ4v) is 1.66. The average Bonchev–Trinajstić information content (AvgIpc) is 2.99. The zero-order chi connectivity index (χ0) is 9.47. The van der Waals surface area contributed by atoms with Gasteiger partial charge in [-0.15, -0.1) is 0 Å². The maximum Gasteiger partial charge on any atom is 0.223 e. The van der Waals surface area contributed by atoms with Gasteiger partial charge in [0.1, 0.15) is 0 Å². The number of rotatable bonds is 4. The zero-order valence-electron chi connectivity index (χ0n) is 8.05. The molecule has 0 aromatic heterocycles. The van der Waals surface area contributed by atoms with Crippen molar-refractivity contribution in [3.8, 4) is 0 Å². The number of amides is 1. The van der Waals surface area contributed by atoms with Crippen molar-refractivity contribution in [1.29, 1.82) is 0 Å². The number of aliphatic hydroxyl groups excluding tert-OH is 1. The molecule has 3 heteroatoms. The lowest BCUT2D eigenvalue weighted by Gasteiger charge is -2.12. The highest BCUT2D eigenvalue weighted by Gasteiger charge is 2.44. The second-order valence-electron chi connectivity index (χ2n) is 4.70. The van der Waals surface area contributed by atoms with Gasteiger partial charge in [0.2, 0.25) is 5.91 Å². The topological polar surface area (TPSA) is 49.3 Å². The molecule has 2 N–H and O–H groups in total. The summed E-state index contributed by atoms with van der Waals surface area (Å²) in [6.07, 6.45) is 3.16. The summed E-state index contributed by atoms with van der Waals surface area (Å²) in [5.74, 6) is 1.02. The molecule has 1 amide bonds. The van der Waals surface area contributed by atoms with Gasteiger partial charge in [-0.3, -0.25) is 4.79 Å². The predicted molar refractivity (Wildman–Crippen MR) is 49.0 cm³/mol. The molecule has 2 unspecified atom stereocenters. The van der Waals surface area contributed by atoms with Gasteiger partial charge in [-0.1, -0.05) is 6.92 Å². The molecule has 0 bridgehead atoms. The van der Waals surface area contributed by atoms with Crippen LogP contribution in [-0.2, 0) is 4.79 Å².